The van der Waals surface area contributed by atoms with Gasteiger partial charge in [0, 0.05) is 23.8 Å². The van der Waals surface area contributed by atoms with Gasteiger partial charge in [0.15, 0.2) is 0 Å². The monoisotopic (exact) mass is 251 g/mol. The summed E-state index contributed by atoms with van der Waals surface area (Å²) < 4.78 is 13.6. The largest absolute Gasteiger partial charge is 0.389 e. The van der Waals surface area contributed by atoms with E-state index in [-0.39, 0.29) is 11.9 Å². The Labute approximate surface area is 109 Å². The molecular weight excluding hydrogens is 229 g/mol. The zero-order chi connectivity index (χ0) is 13.9. The third kappa shape index (κ3) is 3.10. The Morgan fingerprint density at radius 2 is 2.00 bits per heavy atom. The van der Waals surface area contributed by atoms with Crippen LogP contribution in [0.15, 0.2) is 24.8 Å². The lowest BCUT2D eigenvalue weighted by Crippen LogP contribution is -2.32. The first kappa shape index (κ1) is 14.7. The minimum absolute atomic E-state index is 0.255. The van der Waals surface area contributed by atoms with E-state index in [1.165, 1.54) is 6.07 Å². The number of aliphatic hydroxyl groups is 1. The van der Waals surface area contributed by atoms with Gasteiger partial charge in [0.2, 0.25) is 0 Å². The molecule has 0 radical (unpaired) electrons. The third-order valence-corrected chi connectivity index (χ3v) is 3.02. The fourth-order valence-corrected chi connectivity index (χ4v) is 1.99. The van der Waals surface area contributed by atoms with Gasteiger partial charge in [0.25, 0.3) is 0 Å². The molecule has 1 aromatic rings. The zero-order valence-electron chi connectivity index (χ0n) is 11.6. The molecule has 100 valence electrons. The van der Waals surface area contributed by atoms with Crippen LogP contribution >= 0.6 is 0 Å². The average Bonchev–Trinajstić information content (AvgIpc) is 2.28. The normalized spacial score (nSPS) is 12.6. The first-order chi connectivity index (χ1) is 8.38. The molecule has 3 heteroatoms. The van der Waals surface area contributed by atoms with Crippen molar-refractivity contribution in [3.05, 3.63) is 41.7 Å². The molecule has 2 nitrogen and oxygen atoms in total. The maximum Gasteiger partial charge on any atom is 0.126 e. The van der Waals surface area contributed by atoms with Crippen LogP contribution in [0.3, 0.4) is 0 Å². The molecule has 18 heavy (non-hydrogen) atoms. The lowest BCUT2D eigenvalue weighted by molar-refractivity contribution is 0.199. The van der Waals surface area contributed by atoms with Gasteiger partial charge in [0.05, 0.1) is 6.10 Å². The van der Waals surface area contributed by atoms with Gasteiger partial charge < -0.3 is 10.0 Å². The van der Waals surface area contributed by atoms with Gasteiger partial charge in [-0.3, -0.25) is 0 Å². The molecule has 0 fully saturated rings. The van der Waals surface area contributed by atoms with Crippen LogP contribution in [0, 0.1) is 12.7 Å². The number of rotatable bonds is 5. The third-order valence-electron chi connectivity index (χ3n) is 3.02. The first-order valence-corrected chi connectivity index (χ1v) is 6.24. The van der Waals surface area contributed by atoms with Gasteiger partial charge in [-0.2, -0.15) is 0 Å². The molecule has 0 bridgehead atoms. The Balaban J connectivity index is 3.35. The summed E-state index contributed by atoms with van der Waals surface area (Å²) in [5, 5.41) is 9.80. The van der Waals surface area contributed by atoms with Gasteiger partial charge in [0.1, 0.15) is 5.82 Å². The minimum atomic E-state index is -0.693. The second-order valence-corrected chi connectivity index (χ2v) is 4.87. The molecule has 0 aliphatic heterocycles. The van der Waals surface area contributed by atoms with E-state index < -0.39 is 6.10 Å². The SMILES string of the molecule is C=CCN(c1cc(C)c(F)cc1C(C)O)C(C)C. The highest BCUT2D eigenvalue weighted by molar-refractivity contribution is 5.57. The molecule has 0 aliphatic carbocycles. The number of halogens is 1. The van der Waals surface area contributed by atoms with E-state index in [1.54, 1.807) is 19.9 Å². The molecule has 0 aliphatic rings. The van der Waals surface area contributed by atoms with Crippen molar-refractivity contribution in [3.63, 3.8) is 0 Å². The smallest absolute Gasteiger partial charge is 0.126 e. The van der Waals surface area contributed by atoms with E-state index in [0.717, 1.165) is 5.69 Å². The topological polar surface area (TPSA) is 23.5 Å². The predicted molar refractivity (Wildman–Crippen MR) is 74.4 cm³/mol. The molecular formula is C15H22FNO. The van der Waals surface area contributed by atoms with Gasteiger partial charge in [-0.05, 0) is 45.4 Å². The average molecular weight is 251 g/mol. The Hall–Kier alpha value is -1.35. The number of benzene rings is 1. The number of hydrogen-bond acceptors (Lipinski definition) is 2. The fourth-order valence-electron chi connectivity index (χ4n) is 1.99. The Morgan fingerprint density at radius 3 is 2.44 bits per heavy atom. The molecule has 1 atom stereocenters. The van der Waals surface area contributed by atoms with Gasteiger partial charge in [-0.25, -0.2) is 4.39 Å². The van der Waals surface area contributed by atoms with Crippen LogP contribution in [0.25, 0.3) is 0 Å². The summed E-state index contributed by atoms with van der Waals surface area (Å²) in [6, 6.07) is 3.47. The van der Waals surface area contributed by atoms with Crippen molar-refractivity contribution in [2.45, 2.75) is 39.8 Å². The Kier molecular flexibility index (Phi) is 4.91. The van der Waals surface area contributed by atoms with E-state index in [1.807, 2.05) is 6.08 Å². The summed E-state index contributed by atoms with van der Waals surface area (Å²) in [6.45, 7) is 11.9. The van der Waals surface area contributed by atoms with E-state index in [4.69, 9.17) is 0 Å². The molecule has 0 saturated carbocycles. The Morgan fingerprint density at radius 1 is 1.39 bits per heavy atom. The molecule has 1 rings (SSSR count). The molecule has 0 amide bonds. The van der Waals surface area contributed by atoms with E-state index >= 15 is 0 Å². The van der Waals surface area contributed by atoms with Crippen LogP contribution in [0.5, 0.6) is 0 Å². The lowest BCUT2D eigenvalue weighted by atomic mass is 10.0. The number of nitrogens with zero attached hydrogens (tertiary/aromatic N) is 1. The molecule has 0 heterocycles. The van der Waals surface area contributed by atoms with Crippen LogP contribution < -0.4 is 4.90 Å². The van der Waals surface area contributed by atoms with Crippen molar-refractivity contribution in [3.8, 4) is 0 Å². The second kappa shape index (κ2) is 6.01. The van der Waals surface area contributed by atoms with Crippen LogP contribution in [-0.4, -0.2) is 17.7 Å². The molecule has 1 aromatic carbocycles. The van der Waals surface area contributed by atoms with Gasteiger partial charge >= 0.3 is 0 Å². The fraction of sp³-hybridized carbons (Fsp3) is 0.467. The number of aryl methyl sites for hydroxylation is 1. The number of aliphatic hydroxyl groups excluding tert-OH is 1. The minimum Gasteiger partial charge on any atom is -0.389 e. The van der Waals surface area contributed by atoms with Crippen LogP contribution in [0.2, 0.25) is 0 Å². The summed E-state index contributed by atoms with van der Waals surface area (Å²) in [7, 11) is 0. The first-order valence-electron chi connectivity index (χ1n) is 6.24. The molecule has 1 N–H and O–H groups in total. The van der Waals surface area contributed by atoms with E-state index in [9.17, 15) is 9.50 Å². The van der Waals surface area contributed by atoms with E-state index in [2.05, 4.69) is 25.3 Å². The lowest BCUT2D eigenvalue weighted by Gasteiger charge is -2.31. The second-order valence-electron chi connectivity index (χ2n) is 4.87. The van der Waals surface area contributed by atoms with Crippen molar-refractivity contribution in [2.24, 2.45) is 0 Å². The maximum atomic E-state index is 13.6. The van der Waals surface area contributed by atoms with Crippen molar-refractivity contribution in [1.82, 2.24) is 0 Å². The standard InChI is InChI=1S/C15H22FNO/c1-6-7-17(10(2)3)15-8-11(4)14(16)9-13(15)12(5)18/h6,8-10,12,18H,1,7H2,2-5H3. The molecule has 0 saturated heterocycles. The highest BCUT2D eigenvalue weighted by atomic mass is 19.1. The summed E-state index contributed by atoms with van der Waals surface area (Å²) in [4.78, 5) is 2.10. The maximum absolute atomic E-state index is 13.6. The summed E-state index contributed by atoms with van der Waals surface area (Å²) in [5.41, 5.74) is 2.08. The summed E-state index contributed by atoms with van der Waals surface area (Å²) in [6.07, 6.45) is 1.12. The Bertz CT molecular complexity index is 427. The van der Waals surface area contributed by atoms with Crippen LogP contribution in [0.1, 0.15) is 38.0 Å². The van der Waals surface area contributed by atoms with Gasteiger partial charge in [-0.1, -0.05) is 6.08 Å². The highest BCUT2D eigenvalue weighted by Gasteiger charge is 2.18. The van der Waals surface area contributed by atoms with Crippen molar-refractivity contribution >= 4 is 5.69 Å². The van der Waals surface area contributed by atoms with Crippen molar-refractivity contribution in [2.75, 3.05) is 11.4 Å². The van der Waals surface area contributed by atoms with Crippen LogP contribution in [0.4, 0.5) is 10.1 Å². The molecule has 0 aromatic heterocycles. The summed E-state index contributed by atoms with van der Waals surface area (Å²) >= 11 is 0. The van der Waals surface area contributed by atoms with Crippen molar-refractivity contribution < 1.29 is 9.50 Å². The zero-order valence-corrected chi connectivity index (χ0v) is 11.6. The van der Waals surface area contributed by atoms with Crippen molar-refractivity contribution in [1.29, 1.82) is 0 Å². The highest BCUT2D eigenvalue weighted by Crippen LogP contribution is 2.30. The predicted octanol–water partition coefficient (Wildman–Crippen LogP) is 3.59. The van der Waals surface area contributed by atoms with Gasteiger partial charge in [-0.15, -0.1) is 6.58 Å². The number of anilines is 1. The summed E-state index contributed by atoms with van der Waals surface area (Å²) in [5.74, 6) is -0.281. The van der Waals surface area contributed by atoms with Crippen LogP contribution in [-0.2, 0) is 0 Å². The van der Waals surface area contributed by atoms with E-state index in [0.29, 0.717) is 17.7 Å². The molecule has 1 unspecified atom stereocenters. The quantitative estimate of drug-likeness (QED) is 0.808. The molecule has 0 spiro atoms. The number of hydrogen-bond donors (Lipinski definition) is 1.